The smallest absolute Gasteiger partial charge is 0.277 e. The summed E-state index contributed by atoms with van der Waals surface area (Å²) in [6, 6.07) is 2.42. The Hall–Kier alpha value is -1.53. The second-order valence-electron chi connectivity index (χ2n) is 5.37. The fourth-order valence-electron chi connectivity index (χ4n) is 2.91. The van der Waals surface area contributed by atoms with Crippen LogP contribution in [0, 0.1) is 21.8 Å². The lowest BCUT2D eigenvalue weighted by molar-refractivity contribution is -0.386. The van der Waals surface area contributed by atoms with Crippen LogP contribution >= 0.6 is 0 Å². The summed E-state index contributed by atoms with van der Waals surface area (Å²) in [5.41, 5.74) is 5.80. The van der Waals surface area contributed by atoms with Gasteiger partial charge in [0, 0.05) is 5.56 Å². The van der Waals surface area contributed by atoms with Crippen molar-refractivity contribution in [1.82, 2.24) is 0 Å². The molecule has 0 aliphatic heterocycles. The minimum Gasteiger partial charge on any atom is -0.391 e. The van der Waals surface area contributed by atoms with Gasteiger partial charge in [-0.1, -0.05) is 19.3 Å². The fraction of sp³-hybridized carbons (Fsp3) is 0.571. The zero-order valence-corrected chi connectivity index (χ0v) is 11.2. The van der Waals surface area contributed by atoms with Gasteiger partial charge in [0.2, 0.25) is 0 Å². The Balaban J connectivity index is 2.23. The molecule has 1 aromatic rings. The molecule has 1 aromatic carbocycles. The van der Waals surface area contributed by atoms with E-state index in [0.717, 1.165) is 44.2 Å². The van der Waals surface area contributed by atoms with E-state index in [1.54, 1.807) is 0 Å². The molecule has 5 nitrogen and oxygen atoms in total. The van der Waals surface area contributed by atoms with E-state index in [4.69, 9.17) is 5.73 Å². The molecule has 2 rings (SSSR count). The van der Waals surface area contributed by atoms with Crippen molar-refractivity contribution in [2.24, 2.45) is 11.7 Å². The van der Waals surface area contributed by atoms with Crippen molar-refractivity contribution in [3.8, 4) is 0 Å². The van der Waals surface area contributed by atoms with Gasteiger partial charge < -0.3 is 10.8 Å². The second-order valence-corrected chi connectivity index (χ2v) is 5.37. The van der Waals surface area contributed by atoms with Crippen molar-refractivity contribution in [1.29, 1.82) is 0 Å². The summed E-state index contributed by atoms with van der Waals surface area (Å²) in [5, 5.41) is 21.3. The zero-order chi connectivity index (χ0) is 14.7. The van der Waals surface area contributed by atoms with Crippen LogP contribution in [0.3, 0.4) is 0 Å². The van der Waals surface area contributed by atoms with Crippen LogP contribution in [0.15, 0.2) is 18.2 Å². The number of benzene rings is 1. The third kappa shape index (κ3) is 3.13. The molecule has 6 heteroatoms. The average molecular weight is 282 g/mol. The minimum absolute atomic E-state index is 0.0587. The van der Waals surface area contributed by atoms with E-state index in [1.807, 2.05) is 0 Å². The standard InChI is InChI=1S/C14H19FN2O3/c15-10-6-7-11(12(8-10)17(19)20)13(16)14(18)9-4-2-1-3-5-9/h6-9,13-14,18H,1-5,16H2/t13-,14+/m1/s1. The molecule has 0 saturated heterocycles. The summed E-state index contributed by atoms with van der Waals surface area (Å²) < 4.78 is 13.1. The maximum atomic E-state index is 13.1. The maximum absolute atomic E-state index is 13.1. The first kappa shape index (κ1) is 14.9. The lowest BCUT2D eigenvalue weighted by Crippen LogP contribution is -2.34. The highest BCUT2D eigenvalue weighted by Gasteiger charge is 2.31. The van der Waals surface area contributed by atoms with E-state index >= 15 is 0 Å². The molecule has 0 heterocycles. The molecule has 0 bridgehead atoms. The van der Waals surface area contributed by atoms with Gasteiger partial charge in [0.15, 0.2) is 0 Å². The first-order valence-electron chi connectivity index (χ1n) is 6.88. The van der Waals surface area contributed by atoms with E-state index in [9.17, 15) is 19.6 Å². The number of nitro benzene ring substituents is 1. The number of nitrogens with zero attached hydrogens (tertiary/aromatic N) is 1. The van der Waals surface area contributed by atoms with E-state index in [0.29, 0.717) is 0 Å². The largest absolute Gasteiger partial charge is 0.391 e. The lowest BCUT2D eigenvalue weighted by Gasteiger charge is -2.30. The van der Waals surface area contributed by atoms with Crippen LogP contribution in [0.2, 0.25) is 0 Å². The molecule has 20 heavy (non-hydrogen) atoms. The Morgan fingerprint density at radius 2 is 2.00 bits per heavy atom. The predicted octanol–water partition coefficient (Wildman–Crippen LogP) is 2.67. The summed E-state index contributed by atoms with van der Waals surface area (Å²) >= 11 is 0. The third-order valence-electron chi connectivity index (χ3n) is 4.05. The molecule has 0 spiro atoms. The average Bonchev–Trinajstić information content (AvgIpc) is 2.46. The van der Waals surface area contributed by atoms with Gasteiger partial charge in [0.1, 0.15) is 5.82 Å². The van der Waals surface area contributed by atoms with Crippen molar-refractivity contribution < 1.29 is 14.4 Å². The van der Waals surface area contributed by atoms with Crippen molar-refractivity contribution in [3.63, 3.8) is 0 Å². The second kappa shape index (κ2) is 6.28. The van der Waals surface area contributed by atoms with E-state index < -0.39 is 22.9 Å². The first-order valence-corrected chi connectivity index (χ1v) is 6.88. The Morgan fingerprint density at radius 1 is 1.35 bits per heavy atom. The highest BCUT2D eigenvalue weighted by molar-refractivity contribution is 5.43. The van der Waals surface area contributed by atoms with Crippen LogP contribution in [-0.4, -0.2) is 16.1 Å². The summed E-state index contributed by atoms with van der Waals surface area (Å²) in [6.45, 7) is 0. The molecule has 0 unspecified atom stereocenters. The zero-order valence-electron chi connectivity index (χ0n) is 11.2. The molecular weight excluding hydrogens is 263 g/mol. The summed E-state index contributed by atoms with van der Waals surface area (Å²) in [5.74, 6) is -0.622. The normalized spacial score (nSPS) is 19.6. The number of halogens is 1. The molecule has 1 aliphatic rings. The van der Waals surface area contributed by atoms with Gasteiger partial charge in [-0.2, -0.15) is 0 Å². The van der Waals surface area contributed by atoms with Crippen LogP contribution in [-0.2, 0) is 0 Å². The highest BCUT2D eigenvalue weighted by Crippen LogP contribution is 2.34. The van der Waals surface area contributed by atoms with Gasteiger partial charge >= 0.3 is 0 Å². The molecule has 0 radical (unpaired) electrons. The molecular formula is C14H19FN2O3. The number of nitro groups is 1. The lowest BCUT2D eigenvalue weighted by atomic mass is 9.81. The SMILES string of the molecule is N[C@H](c1ccc(F)cc1[N+](=O)[O-])[C@@H](O)C1CCCCC1. The molecule has 1 saturated carbocycles. The highest BCUT2D eigenvalue weighted by atomic mass is 19.1. The van der Waals surface area contributed by atoms with Crippen LogP contribution < -0.4 is 5.73 Å². The number of nitrogens with two attached hydrogens (primary N) is 1. The van der Waals surface area contributed by atoms with Crippen LogP contribution in [0.5, 0.6) is 0 Å². The van der Waals surface area contributed by atoms with E-state index in [1.165, 1.54) is 6.07 Å². The number of aliphatic hydroxyl groups excluding tert-OH is 1. The first-order chi connectivity index (χ1) is 9.50. The van der Waals surface area contributed by atoms with Crippen molar-refractivity contribution in [2.75, 3.05) is 0 Å². The van der Waals surface area contributed by atoms with Crippen molar-refractivity contribution in [3.05, 3.63) is 39.7 Å². The minimum atomic E-state index is -0.862. The van der Waals surface area contributed by atoms with E-state index in [2.05, 4.69) is 0 Å². The van der Waals surface area contributed by atoms with Gasteiger partial charge in [0.05, 0.1) is 23.1 Å². The summed E-state index contributed by atoms with van der Waals surface area (Å²) in [6.07, 6.45) is 4.16. The van der Waals surface area contributed by atoms with Crippen molar-refractivity contribution >= 4 is 5.69 Å². The molecule has 3 N–H and O–H groups in total. The maximum Gasteiger partial charge on any atom is 0.277 e. The Kier molecular flexibility index (Phi) is 4.67. The van der Waals surface area contributed by atoms with Crippen molar-refractivity contribution in [2.45, 2.75) is 44.2 Å². The quantitative estimate of drug-likeness (QED) is 0.656. The van der Waals surface area contributed by atoms with Gasteiger partial charge in [-0.15, -0.1) is 0 Å². The third-order valence-corrected chi connectivity index (χ3v) is 4.05. The monoisotopic (exact) mass is 282 g/mol. The van der Waals surface area contributed by atoms with Gasteiger partial charge in [-0.05, 0) is 30.9 Å². The van der Waals surface area contributed by atoms with Crippen LogP contribution in [0.1, 0.15) is 43.7 Å². The summed E-state index contributed by atoms with van der Waals surface area (Å²) in [7, 11) is 0. The van der Waals surface area contributed by atoms with E-state index in [-0.39, 0.29) is 17.2 Å². The van der Waals surface area contributed by atoms with Gasteiger partial charge in [0.25, 0.3) is 5.69 Å². The number of rotatable bonds is 4. The Labute approximate surface area is 116 Å². The molecule has 1 fully saturated rings. The fourth-order valence-corrected chi connectivity index (χ4v) is 2.91. The van der Waals surface area contributed by atoms with Crippen LogP contribution in [0.4, 0.5) is 10.1 Å². The molecule has 2 atom stereocenters. The van der Waals surface area contributed by atoms with Gasteiger partial charge in [-0.25, -0.2) is 4.39 Å². The molecule has 0 amide bonds. The Bertz CT molecular complexity index is 489. The summed E-state index contributed by atoms with van der Waals surface area (Å²) in [4.78, 5) is 10.3. The van der Waals surface area contributed by atoms with Gasteiger partial charge in [-0.3, -0.25) is 10.1 Å². The number of hydrogen-bond donors (Lipinski definition) is 2. The predicted molar refractivity (Wildman–Crippen MR) is 72.6 cm³/mol. The van der Waals surface area contributed by atoms with Crippen LogP contribution in [0.25, 0.3) is 0 Å². The number of aliphatic hydroxyl groups is 1. The topological polar surface area (TPSA) is 89.4 Å². The molecule has 0 aromatic heterocycles. The Morgan fingerprint density at radius 3 is 2.60 bits per heavy atom. The molecule has 1 aliphatic carbocycles. The molecule has 110 valence electrons. The number of hydrogen-bond acceptors (Lipinski definition) is 4.